The normalized spacial score (nSPS) is 19.7. The molecule has 0 unspecified atom stereocenters. The van der Waals surface area contributed by atoms with Crippen molar-refractivity contribution in [1.82, 2.24) is 4.90 Å². The van der Waals surface area contributed by atoms with Gasteiger partial charge in [0.1, 0.15) is 11.8 Å². The maximum Gasteiger partial charge on any atom is 0.410 e. The van der Waals surface area contributed by atoms with Crippen LogP contribution in [0.1, 0.15) is 52.0 Å². The van der Waals surface area contributed by atoms with E-state index in [9.17, 15) is 4.79 Å². The van der Waals surface area contributed by atoms with Gasteiger partial charge in [-0.15, -0.1) is 0 Å². The number of carbonyl (C=O) groups is 1. The number of anilines is 1. The van der Waals surface area contributed by atoms with E-state index in [1.165, 1.54) is 14.2 Å². The van der Waals surface area contributed by atoms with Crippen molar-refractivity contribution in [3.8, 4) is 11.8 Å². The monoisotopic (exact) mass is 393 g/mol. The number of hydrogen-bond donors (Lipinski definition) is 1. The van der Waals surface area contributed by atoms with Crippen LogP contribution in [-0.2, 0) is 4.74 Å². The topological polar surface area (TPSA) is 74.6 Å². The number of amides is 1. The van der Waals surface area contributed by atoms with Gasteiger partial charge in [-0.2, -0.15) is 5.26 Å². The van der Waals surface area contributed by atoms with Crippen LogP contribution in [0.15, 0.2) is 12.1 Å². The Morgan fingerprint density at radius 3 is 2.37 bits per heavy atom. The largest absolute Gasteiger partial charge is 0.495 e. The van der Waals surface area contributed by atoms with Crippen molar-refractivity contribution >= 4 is 23.4 Å². The lowest BCUT2D eigenvalue weighted by atomic mass is 9.88. The number of carbonyl (C=O) groups excluding carboxylic acids is 1. The molecule has 1 aromatic carbocycles. The molecule has 0 aromatic heterocycles. The van der Waals surface area contributed by atoms with Crippen molar-refractivity contribution in [3.63, 3.8) is 0 Å². The fourth-order valence-corrected chi connectivity index (χ4v) is 3.91. The van der Waals surface area contributed by atoms with Crippen molar-refractivity contribution in [1.29, 1.82) is 5.26 Å². The van der Waals surface area contributed by atoms with Crippen molar-refractivity contribution in [3.05, 3.63) is 22.7 Å². The summed E-state index contributed by atoms with van der Waals surface area (Å²) in [5.74, 6) is 0.502. The van der Waals surface area contributed by atoms with E-state index in [2.05, 4.69) is 11.4 Å². The van der Waals surface area contributed by atoms with Crippen LogP contribution in [0.25, 0.3) is 0 Å². The Morgan fingerprint density at radius 1 is 1.26 bits per heavy atom. The van der Waals surface area contributed by atoms with Crippen molar-refractivity contribution in [2.24, 2.45) is 0 Å². The molecule has 1 N–H and O–H groups in total. The third kappa shape index (κ3) is 4.98. The Bertz CT molecular complexity index is 716. The van der Waals surface area contributed by atoms with Crippen LogP contribution in [0.3, 0.4) is 0 Å². The first kappa shape index (κ1) is 21.2. The van der Waals surface area contributed by atoms with Crippen LogP contribution in [0.2, 0.25) is 5.02 Å². The van der Waals surface area contributed by atoms with Gasteiger partial charge in [-0.3, -0.25) is 0 Å². The van der Waals surface area contributed by atoms with Crippen LogP contribution < -0.4 is 10.1 Å². The smallest absolute Gasteiger partial charge is 0.410 e. The molecule has 0 aliphatic heterocycles. The Labute approximate surface area is 166 Å². The van der Waals surface area contributed by atoms with E-state index in [0.29, 0.717) is 16.3 Å². The molecule has 2 rings (SSSR count). The Kier molecular flexibility index (Phi) is 6.83. The fourth-order valence-electron chi connectivity index (χ4n) is 3.69. The van der Waals surface area contributed by atoms with E-state index in [4.69, 9.17) is 26.3 Å². The molecule has 0 bridgehead atoms. The molecule has 1 saturated carbocycles. The fraction of sp³-hybridized carbons (Fsp3) is 0.600. The zero-order valence-electron chi connectivity index (χ0n) is 16.6. The zero-order valence-corrected chi connectivity index (χ0v) is 17.4. The quantitative estimate of drug-likeness (QED) is 0.794. The lowest BCUT2D eigenvalue weighted by Gasteiger charge is -2.43. The number of nitriles is 1. The molecule has 0 saturated heterocycles. The maximum atomic E-state index is 12.2. The third-order valence-corrected chi connectivity index (χ3v) is 5.24. The number of nitrogens with one attached hydrogen (secondary N) is 1. The van der Waals surface area contributed by atoms with Gasteiger partial charge in [0.2, 0.25) is 0 Å². The minimum atomic E-state index is -0.290. The van der Waals surface area contributed by atoms with Crippen LogP contribution >= 0.6 is 11.6 Å². The van der Waals surface area contributed by atoms with Crippen LogP contribution in [0, 0.1) is 11.3 Å². The van der Waals surface area contributed by atoms with Gasteiger partial charge in [0.25, 0.3) is 0 Å². The van der Waals surface area contributed by atoms with Crippen molar-refractivity contribution in [2.75, 3.05) is 19.5 Å². The number of methoxy groups -OCH3 is 2. The predicted molar refractivity (Wildman–Crippen MR) is 106 cm³/mol. The summed E-state index contributed by atoms with van der Waals surface area (Å²) in [6.07, 6.45) is 3.31. The SMILES string of the molecule is COC(=O)N(C1CCC(Nc2cc(OC)c(C#N)cc2Cl)CC1)C(C)(C)C. The molecule has 0 spiro atoms. The predicted octanol–water partition coefficient (Wildman–Crippen LogP) is 4.81. The lowest BCUT2D eigenvalue weighted by molar-refractivity contribution is 0.0440. The Hall–Kier alpha value is -2.13. The number of hydrogen-bond acceptors (Lipinski definition) is 5. The zero-order chi connectivity index (χ0) is 20.2. The minimum Gasteiger partial charge on any atom is -0.495 e. The molecule has 1 aliphatic carbocycles. The average molecular weight is 394 g/mol. The van der Waals surface area contributed by atoms with E-state index in [1.54, 1.807) is 12.1 Å². The molecule has 1 fully saturated rings. The van der Waals surface area contributed by atoms with Crippen LogP contribution in [0.5, 0.6) is 5.75 Å². The maximum absolute atomic E-state index is 12.2. The van der Waals surface area contributed by atoms with E-state index >= 15 is 0 Å². The molecule has 27 heavy (non-hydrogen) atoms. The number of halogens is 1. The summed E-state index contributed by atoms with van der Waals surface area (Å²) in [6.45, 7) is 6.07. The van der Waals surface area contributed by atoms with Gasteiger partial charge in [0.15, 0.2) is 0 Å². The van der Waals surface area contributed by atoms with Gasteiger partial charge in [0.05, 0.1) is 30.5 Å². The highest BCUT2D eigenvalue weighted by Gasteiger charge is 2.36. The molecule has 0 radical (unpaired) electrons. The van der Waals surface area contributed by atoms with Crippen LogP contribution in [-0.4, -0.2) is 42.8 Å². The number of ether oxygens (including phenoxy) is 2. The molecule has 1 aliphatic rings. The lowest BCUT2D eigenvalue weighted by Crippen LogP contribution is -2.53. The minimum absolute atomic E-state index is 0.154. The first-order chi connectivity index (χ1) is 12.7. The summed E-state index contributed by atoms with van der Waals surface area (Å²) < 4.78 is 10.3. The summed E-state index contributed by atoms with van der Waals surface area (Å²) in [7, 11) is 2.96. The summed E-state index contributed by atoms with van der Waals surface area (Å²) in [5, 5.41) is 13.1. The van der Waals surface area contributed by atoms with E-state index in [1.807, 2.05) is 25.7 Å². The first-order valence-electron chi connectivity index (χ1n) is 9.12. The van der Waals surface area contributed by atoms with E-state index in [0.717, 1.165) is 31.4 Å². The third-order valence-electron chi connectivity index (χ3n) is 4.93. The highest BCUT2D eigenvalue weighted by atomic mass is 35.5. The molecule has 6 nitrogen and oxygen atoms in total. The summed E-state index contributed by atoms with van der Waals surface area (Å²) in [4.78, 5) is 14.1. The second kappa shape index (κ2) is 8.71. The standard InChI is InChI=1S/C20H28ClN3O3/c1-20(2,3)24(19(25)27-5)15-8-6-14(7-9-15)23-17-11-18(26-4)13(12-22)10-16(17)21/h10-11,14-15,23H,6-9H2,1-5H3. The number of nitrogens with zero attached hydrogens (tertiary/aromatic N) is 2. The number of rotatable bonds is 4. The van der Waals surface area contributed by atoms with E-state index in [-0.39, 0.29) is 23.7 Å². The summed E-state index contributed by atoms with van der Waals surface area (Å²) >= 11 is 6.32. The molecule has 148 valence electrons. The van der Waals surface area contributed by atoms with Crippen molar-refractivity contribution < 1.29 is 14.3 Å². The molecular formula is C20H28ClN3O3. The summed E-state index contributed by atoms with van der Waals surface area (Å²) in [6, 6.07) is 5.87. The highest BCUT2D eigenvalue weighted by molar-refractivity contribution is 6.33. The Morgan fingerprint density at radius 2 is 1.89 bits per heavy atom. The first-order valence-corrected chi connectivity index (χ1v) is 9.50. The van der Waals surface area contributed by atoms with Gasteiger partial charge in [-0.05, 0) is 52.5 Å². The van der Waals surface area contributed by atoms with Gasteiger partial charge < -0.3 is 19.7 Å². The van der Waals surface area contributed by atoms with E-state index < -0.39 is 0 Å². The molecular weight excluding hydrogens is 366 g/mol. The molecule has 0 heterocycles. The molecule has 7 heteroatoms. The highest BCUT2D eigenvalue weighted by Crippen LogP contribution is 2.34. The molecule has 0 atom stereocenters. The Balaban J connectivity index is 2.06. The second-order valence-corrected chi connectivity index (χ2v) is 8.21. The van der Waals surface area contributed by atoms with Crippen LogP contribution in [0.4, 0.5) is 10.5 Å². The average Bonchev–Trinajstić information content (AvgIpc) is 2.63. The molecule has 1 aromatic rings. The molecule has 1 amide bonds. The second-order valence-electron chi connectivity index (χ2n) is 7.80. The van der Waals surface area contributed by atoms with Gasteiger partial charge in [-0.25, -0.2) is 4.79 Å². The van der Waals surface area contributed by atoms with Crippen molar-refractivity contribution in [2.45, 2.75) is 64.1 Å². The van der Waals surface area contributed by atoms with Gasteiger partial charge in [0, 0.05) is 23.7 Å². The number of benzene rings is 1. The van der Waals surface area contributed by atoms with Gasteiger partial charge >= 0.3 is 6.09 Å². The summed E-state index contributed by atoms with van der Waals surface area (Å²) in [5.41, 5.74) is 0.884. The van der Waals surface area contributed by atoms with Gasteiger partial charge in [-0.1, -0.05) is 11.6 Å².